The standard InChI is InChI=1S/C10H23NO/c1-5-10(6-2)8-12-9(3)7-11-4/h9-11H,5-8H2,1-4H3. The molecule has 0 aliphatic carbocycles. The van der Waals surface area contributed by atoms with E-state index < -0.39 is 0 Å². The summed E-state index contributed by atoms with van der Waals surface area (Å²) in [7, 11) is 1.96. The lowest BCUT2D eigenvalue weighted by molar-refractivity contribution is 0.0396. The number of rotatable bonds is 7. The van der Waals surface area contributed by atoms with E-state index in [0.717, 1.165) is 19.1 Å². The van der Waals surface area contributed by atoms with E-state index in [9.17, 15) is 0 Å². The molecule has 0 fully saturated rings. The first-order chi connectivity index (χ1) is 5.74. The summed E-state index contributed by atoms with van der Waals surface area (Å²) < 4.78 is 5.66. The van der Waals surface area contributed by atoms with Gasteiger partial charge >= 0.3 is 0 Å². The van der Waals surface area contributed by atoms with E-state index in [0.29, 0.717) is 6.10 Å². The first-order valence-electron chi connectivity index (χ1n) is 5.00. The van der Waals surface area contributed by atoms with Crippen LogP contribution in [0.3, 0.4) is 0 Å². The van der Waals surface area contributed by atoms with Crippen molar-refractivity contribution in [1.82, 2.24) is 5.32 Å². The molecule has 2 nitrogen and oxygen atoms in total. The Morgan fingerprint density at radius 2 is 1.83 bits per heavy atom. The van der Waals surface area contributed by atoms with Crippen LogP contribution in [-0.2, 0) is 4.74 Å². The number of hydrogen-bond donors (Lipinski definition) is 1. The molecule has 0 aromatic carbocycles. The fraction of sp³-hybridized carbons (Fsp3) is 1.00. The van der Waals surface area contributed by atoms with Gasteiger partial charge in [0.15, 0.2) is 0 Å². The van der Waals surface area contributed by atoms with E-state index in [1.807, 2.05) is 7.05 Å². The van der Waals surface area contributed by atoms with Crippen LogP contribution in [0.4, 0.5) is 0 Å². The molecule has 1 N–H and O–H groups in total. The molecular formula is C10H23NO. The zero-order valence-electron chi connectivity index (χ0n) is 8.89. The van der Waals surface area contributed by atoms with Crippen molar-refractivity contribution >= 4 is 0 Å². The topological polar surface area (TPSA) is 21.3 Å². The van der Waals surface area contributed by atoms with Crippen molar-refractivity contribution in [2.45, 2.75) is 39.7 Å². The summed E-state index contributed by atoms with van der Waals surface area (Å²) in [5, 5.41) is 3.10. The van der Waals surface area contributed by atoms with Crippen molar-refractivity contribution in [2.75, 3.05) is 20.2 Å². The molecule has 0 spiro atoms. The monoisotopic (exact) mass is 173 g/mol. The maximum atomic E-state index is 5.66. The second-order valence-corrected chi connectivity index (χ2v) is 3.38. The maximum absolute atomic E-state index is 5.66. The summed E-state index contributed by atoms with van der Waals surface area (Å²) in [6.07, 6.45) is 2.79. The van der Waals surface area contributed by atoms with Gasteiger partial charge in [-0.3, -0.25) is 0 Å². The minimum Gasteiger partial charge on any atom is -0.377 e. The predicted molar refractivity (Wildman–Crippen MR) is 53.4 cm³/mol. The van der Waals surface area contributed by atoms with Gasteiger partial charge in [-0.1, -0.05) is 26.7 Å². The third kappa shape index (κ3) is 5.56. The molecule has 0 heterocycles. The molecule has 0 aliphatic rings. The highest BCUT2D eigenvalue weighted by atomic mass is 16.5. The highest BCUT2D eigenvalue weighted by molar-refractivity contribution is 4.56. The Bertz CT molecular complexity index is 91.8. The normalized spacial score (nSPS) is 13.8. The van der Waals surface area contributed by atoms with Gasteiger partial charge in [-0.25, -0.2) is 0 Å². The van der Waals surface area contributed by atoms with Gasteiger partial charge in [0.1, 0.15) is 0 Å². The predicted octanol–water partition coefficient (Wildman–Crippen LogP) is 2.05. The Hall–Kier alpha value is -0.0800. The van der Waals surface area contributed by atoms with Crippen LogP contribution in [0.2, 0.25) is 0 Å². The molecule has 12 heavy (non-hydrogen) atoms. The van der Waals surface area contributed by atoms with Gasteiger partial charge in [0.05, 0.1) is 6.10 Å². The zero-order chi connectivity index (χ0) is 9.40. The molecule has 0 saturated carbocycles. The fourth-order valence-corrected chi connectivity index (χ4v) is 1.17. The second-order valence-electron chi connectivity index (χ2n) is 3.38. The number of likely N-dealkylation sites (N-methyl/N-ethyl adjacent to an activating group) is 1. The molecule has 0 amide bonds. The number of nitrogens with one attached hydrogen (secondary N) is 1. The smallest absolute Gasteiger partial charge is 0.0671 e. The highest BCUT2D eigenvalue weighted by Gasteiger charge is 2.06. The van der Waals surface area contributed by atoms with Gasteiger partial charge < -0.3 is 10.1 Å². The van der Waals surface area contributed by atoms with E-state index in [-0.39, 0.29) is 0 Å². The van der Waals surface area contributed by atoms with Gasteiger partial charge in [0.25, 0.3) is 0 Å². The van der Waals surface area contributed by atoms with Crippen LogP contribution >= 0.6 is 0 Å². The molecule has 0 aromatic heterocycles. The molecule has 0 bridgehead atoms. The summed E-state index contributed by atoms with van der Waals surface area (Å²) >= 11 is 0. The first kappa shape index (κ1) is 11.9. The largest absolute Gasteiger partial charge is 0.377 e. The molecule has 0 aliphatic heterocycles. The summed E-state index contributed by atoms with van der Waals surface area (Å²) in [5.41, 5.74) is 0. The molecule has 0 radical (unpaired) electrons. The van der Waals surface area contributed by atoms with Crippen LogP contribution in [0.5, 0.6) is 0 Å². The zero-order valence-corrected chi connectivity index (χ0v) is 8.89. The van der Waals surface area contributed by atoms with Gasteiger partial charge in [-0.15, -0.1) is 0 Å². The van der Waals surface area contributed by atoms with Crippen LogP contribution in [0.15, 0.2) is 0 Å². The Kier molecular flexibility index (Phi) is 7.51. The highest BCUT2D eigenvalue weighted by Crippen LogP contribution is 2.08. The molecule has 0 aromatic rings. The van der Waals surface area contributed by atoms with E-state index in [2.05, 4.69) is 26.1 Å². The average Bonchev–Trinajstić information content (AvgIpc) is 2.07. The van der Waals surface area contributed by atoms with Crippen molar-refractivity contribution in [2.24, 2.45) is 5.92 Å². The number of hydrogen-bond acceptors (Lipinski definition) is 2. The summed E-state index contributed by atoms with van der Waals surface area (Å²) in [6.45, 7) is 8.41. The molecule has 0 saturated heterocycles. The molecule has 74 valence electrons. The first-order valence-corrected chi connectivity index (χ1v) is 5.00. The summed E-state index contributed by atoms with van der Waals surface area (Å²) in [6, 6.07) is 0. The van der Waals surface area contributed by atoms with Gasteiger partial charge in [-0.2, -0.15) is 0 Å². The second kappa shape index (κ2) is 7.56. The lowest BCUT2D eigenvalue weighted by atomic mass is 10.1. The minimum atomic E-state index is 0.343. The maximum Gasteiger partial charge on any atom is 0.0671 e. The third-order valence-corrected chi connectivity index (χ3v) is 2.26. The lowest BCUT2D eigenvalue weighted by Crippen LogP contribution is -2.25. The lowest BCUT2D eigenvalue weighted by Gasteiger charge is -2.17. The minimum absolute atomic E-state index is 0.343. The van der Waals surface area contributed by atoms with Crippen LogP contribution < -0.4 is 5.32 Å². The Balaban J connectivity index is 3.37. The van der Waals surface area contributed by atoms with Gasteiger partial charge in [-0.05, 0) is 19.9 Å². The van der Waals surface area contributed by atoms with E-state index in [1.165, 1.54) is 12.8 Å². The van der Waals surface area contributed by atoms with Crippen LogP contribution in [0.25, 0.3) is 0 Å². The van der Waals surface area contributed by atoms with Crippen LogP contribution in [-0.4, -0.2) is 26.3 Å². The van der Waals surface area contributed by atoms with Gasteiger partial charge in [0.2, 0.25) is 0 Å². The fourth-order valence-electron chi connectivity index (χ4n) is 1.17. The third-order valence-electron chi connectivity index (χ3n) is 2.26. The van der Waals surface area contributed by atoms with Crippen molar-refractivity contribution in [3.63, 3.8) is 0 Å². The van der Waals surface area contributed by atoms with Gasteiger partial charge in [0, 0.05) is 13.2 Å². The summed E-state index contributed by atoms with van der Waals surface area (Å²) in [4.78, 5) is 0. The van der Waals surface area contributed by atoms with Crippen molar-refractivity contribution < 1.29 is 4.74 Å². The Morgan fingerprint density at radius 3 is 2.25 bits per heavy atom. The SMILES string of the molecule is CCC(CC)COC(C)CNC. The molecule has 2 heteroatoms. The molecule has 1 unspecified atom stereocenters. The van der Waals surface area contributed by atoms with Crippen molar-refractivity contribution in [3.8, 4) is 0 Å². The van der Waals surface area contributed by atoms with E-state index in [1.54, 1.807) is 0 Å². The quantitative estimate of drug-likeness (QED) is 0.636. The van der Waals surface area contributed by atoms with E-state index in [4.69, 9.17) is 4.74 Å². The van der Waals surface area contributed by atoms with Crippen molar-refractivity contribution in [1.29, 1.82) is 0 Å². The molecular weight excluding hydrogens is 150 g/mol. The summed E-state index contributed by atoms with van der Waals surface area (Å²) in [5.74, 6) is 0.740. The molecule has 0 rings (SSSR count). The van der Waals surface area contributed by atoms with E-state index >= 15 is 0 Å². The van der Waals surface area contributed by atoms with Crippen molar-refractivity contribution in [3.05, 3.63) is 0 Å². The number of ether oxygens (including phenoxy) is 1. The average molecular weight is 173 g/mol. The Labute approximate surface area is 76.7 Å². The molecule has 1 atom stereocenters. The van der Waals surface area contributed by atoms with Crippen LogP contribution in [0.1, 0.15) is 33.6 Å². The van der Waals surface area contributed by atoms with Crippen LogP contribution in [0, 0.1) is 5.92 Å². The Morgan fingerprint density at radius 1 is 1.25 bits per heavy atom.